The van der Waals surface area contributed by atoms with Crippen molar-refractivity contribution in [2.45, 2.75) is 25.0 Å². The summed E-state index contributed by atoms with van der Waals surface area (Å²) in [5.74, 6) is 0.245. The third kappa shape index (κ3) is 5.41. The van der Waals surface area contributed by atoms with Crippen molar-refractivity contribution in [1.82, 2.24) is 5.32 Å². The molecule has 88 valence electrons. The second kappa shape index (κ2) is 5.75. The van der Waals surface area contributed by atoms with Crippen LogP contribution in [0.3, 0.4) is 0 Å². The Bertz CT molecular complexity index is 325. The van der Waals surface area contributed by atoms with Gasteiger partial charge < -0.3 is 5.32 Å². The lowest BCUT2D eigenvalue weighted by Crippen LogP contribution is -2.22. The second-order valence-corrected chi connectivity index (χ2v) is 7.25. The maximum atomic E-state index is 10.9. The first-order chi connectivity index (χ1) is 7.01. The molecule has 1 rings (SSSR count). The first kappa shape index (κ1) is 12.8. The van der Waals surface area contributed by atoms with Crippen LogP contribution in [0.15, 0.2) is 4.99 Å². The van der Waals surface area contributed by atoms with E-state index in [2.05, 4.69) is 17.2 Å². The molecule has 1 N–H and O–H groups in total. The Hall–Kier alpha value is -0.230. The van der Waals surface area contributed by atoms with Gasteiger partial charge in [-0.3, -0.25) is 4.99 Å². The van der Waals surface area contributed by atoms with Crippen LogP contribution in [0.4, 0.5) is 0 Å². The molecule has 1 aliphatic heterocycles. The zero-order chi connectivity index (χ0) is 11.3. The van der Waals surface area contributed by atoms with E-state index in [1.54, 1.807) is 11.8 Å². The van der Waals surface area contributed by atoms with E-state index in [0.717, 1.165) is 18.1 Å². The van der Waals surface area contributed by atoms with Gasteiger partial charge in [0.1, 0.15) is 9.84 Å². The molecule has 0 amide bonds. The molecule has 0 saturated carbocycles. The van der Waals surface area contributed by atoms with Crippen molar-refractivity contribution in [3.05, 3.63) is 0 Å². The molecule has 0 saturated heterocycles. The Morgan fingerprint density at radius 3 is 2.87 bits per heavy atom. The smallest absolute Gasteiger partial charge is 0.156 e. The lowest BCUT2D eigenvalue weighted by molar-refractivity contribution is 0.598. The van der Waals surface area contributed by atoms with Gasteiger partial charge in [-0.1, -0.05) is 18.7 Å². The summed E-state index contributed by atoms with van der Waals surface area (Å²) in [5, 5.41) is 4.73. The third-order valence-corrected chi connectivity index (χ3v) is 4.48. The summed E-state index contributed by atoms with van der Waals surface area (Å²) in [5.41, 5.74) is 0. The molecule has 0 aromatic rings. The zero-order valence-electron chi connectivity index (χ0n) is 9.19. The average molecular weight is 250 g/mol. The SMILES string of the molecule is CCC1CN=C(NCCCS(C)(=O)=O)S1. The third-order valence-electron chi connectivity index (χ3n) is 2.14. The molecule has 4 nitrogen and oxygen atoms in total. The van der Waals surface area contributed by atoms with E-state index in [-0.39, 0.29) is 5.75 Å². The highest BCUT2D eigenvalue weighted by molar-refractivity contribution is 8.14. The minimum atomic E-state index is -2.82. The Labute approximate surface area is 95.8 Å². The minimum absolute atomic E-state index is 0.245. The molecule has 1 heterocycles. The molecule has 0 fully saturated rings. The monoisotopic (exact) mass is 250 g/mol. The Morgan fingerprint density at radius 1 is 1.60 bits per heavy atom. The summed E-state index contributed by atoms with van der Waals surface area (Å²) in [6.45, 7) is 3.73. The Balaban J connectivity index is 2.12. The number of nitrogens with zero attached hydrogens (tertiary/aromatic N) is 1. The van der Waals surface area contributed by atoms with E-state index in [4.69, 9.17) is 0 Å². The average Bonchev–Trinajstić information content (AvgIpc) is 2.59. The van der Waals surface area contributed by atoms with Gasteiger partial charge in [0, 0.05) is 18.1 Å². The molecule has 1 atom stereocenters. The van der Waals surface area contributed by atoms with E-state index < -0.39 is 9.84 Å². The maximum Gasteiger partial charge on any atom is 0.156 e. The molecular formula is C9H18N2O2S2. The summed E-state index contributed by atoms with van der Waals surface area (Å²) < 4.78 is 21.7. The highest BCUT2D eigenvalue weighted by Crippen LogP contribution is 2.21. The lowest BCUT2D eigenvalue weighted by Gasteiger charge is -2.06. The van der Waals surface area contributed by atoms with Gasteiger partial charge in [-0.25, -0.2) is 8.42 Å². The van der Waals surface area contributed by atoms with Gasteiger partial charge in [0.2, 0.25) is 0 Å². The van der Waals surface area contributed by atoms with Crippen molar-refractivity contribution in [2.75, 3.05) is 25.1 Å². The van der Waals surface area contributed by atoms with E-state index >= 15 is 0 Å². The molecule has 0 aliphatic carbocycles. The number of nitrogens with one attached hydrogen (secondary N) is 1. The Kier molecular flexibility index (Phi) is 4.92. The van der Waals surface area contributed by atoms with Crippen LogP contribution in [0, 0.1) is 0 Å². The largest absolute Gasteiger partial charge is 0.365 e. The van der Waals surface area contributed by atoms with Crippen LogP contribution in [0.1, 0.15) is 19.8 Å². The van der Waals surface area contributed by atoms with Crippen LogP contribution in [-0.4, -0.2) is 43.9 Å². The van der Waals surface area contributed by atoms with Gasteiger partial charge in [-0.15, -0.1) is 0 Å². The molecule has 1 aliphatic rings. The van der Waals surface area contributed by atoms with Gasteiger partial charge in [0.15, 0.2) is 5.17 Å². The number of aliphatic imine (C=N–C) groups is 1. The number of amidine groups is 1. The van der Waals surface area contributed by atoms with Crippen LogP contribution in [0.5, 0.6) is 0 Å². The quantitative estimate of drug-likeness (QED) is 0.736. The number of thioether (sulfide) groups is 1. The number of hydrogen-bond acceptors (Lipinski definition) is 5. The summed E-state index contributed by atoms with van der Waals surface area (Å²) in [6.07, 6.45) is 3.04. The summed E-state index contributed by atoms with van der Waals surface area (Å²) in [4.78, 5) is 4.34. The predicted octanol–water partition coefficient (Wildman–Crippen LogP) is 0.892. The van der Waals surface area contributed by atoms with Crippen molar-refractivity contribution < 1.29 is 8.42 Å². The standard InChI is InChI=1S/C9H18N2O2S2/c1-3-8-7-11-9(14-8)10-5-4-6-15(2,12)13/h8H,3-7H2,1-2H3,(H,10,11). The van der Waals surface area contributed by atoms with E-state index in [0.29, 0.717) is 18.2 Å². The van der Waals surface area contributed by atoms with Crippen molar-refractivity contribution in [1.29, 1.82) is 0 Å². The molecule has 1 unspecified atom stereocenters. The van der Waals surface area contributed by atoms with Crippen LogP contribution >= 0.6 is 11.8 Å². The highest BCUT2D eigenvalue weighted by Gasteiger charge is 2.16. The summed E-state index contributed by atoms with van der Waals surface area (Å²) >= 11 is 1.76. The lowest BCUT2D eigenvalue weighted by atomic mass is 10.3. The van der Waals surface area contributed by atoms with Crippen molar-refractivity contribution in [3.63, 3.8) is 0 Å². The molecular weight excluding hydrogens is 232 g/mol. The maximum absolute atomic E-state index is 10.9. The fourth-order valence-electron chi connectivity index (χ4n) is 1.26. The second-order valence-electron chi connectivity index (χ2n) is 3.70. The number of rotatable bonds is 5. The first-order valence-corrected chi connectivity index (χ1v) is 8.08. The van der Waals surface area contributed by atoms with Gasteiger partial charge in [-0.05, 0) is 12.8 Å². The van der Waals surface area contributed by atoms with Crippen LogP contribution in [-0.2, 0) is 9.84 Å². The zero-order valence-corrected chi connectivity index (χ0v) is 10.8. The van der Waals surface area contributed by atoms with E-state index in [9.17, 15) is 8.42 Å². The van der Waals surface area contributed by atoms with Gasteiger partial charge in [0.25, 0.3) is 0 Å². The fraction of sp³-hybridized carbons (Fsp3) is 0.889. The molecule has 0 spiro atoms. The summed E-state index contributed by atoms with van der Waals surface area (Å²) in [6, 6.07) is 0. The molecule has 0 aromatic carbocycles. The van der Waals surface area contributed by atoms with Crippen LogP contribution in [0.25, 0.3) is 0 Å². The van der Waals surface area contributed by atoms with Crippen LogP contribution in [0.2, 0.25) is 0 Å². The number of hydrogen-bond donors (Lipinski definition) is 1. The molecule has 6 heteroatoms. The minimum Gasteiger partial charge on any atom is -0.365 e. The predicted molar refractivity (Wildman–Crippen MR) is 66.3 cm³/mol. The Morgan fingerprint density at radius 2 is 2.33 bits per heavy atom. The molecule has 0 bridgehead atoms. The topological polar surface area (TPSA) is 58.5 Å². The first-order valence-electron chi connectivity index (χ1n) is 5.14. The molecule has 15 heavy (non-hydrogen) atoms. The van der Waals surface area contributed by atoms with E-state index in [1.165, 1.54) is 6.26 Å². The normalized spacial score (nSPS) is 21.5. The van der Waals surface area contributed by atoms with Crippen molar-refractivity contribution in [3.8, 4) is 0 Å². The fourth-order valence-corrected chi connectivity index (χ4v) is 2.89. The number of sulfone groups is 1. The van der Waals surface area contributed by atoms with Gasteiger partial charge >= 0.3 is 0 Å². The van der Waals surface area contributed by atoms with Gasteiger partial charge in [0.05, 0.1) is 12.3 Å². The van der Waals surface area contributed by atoms with Crippen molar-refractivity contribution >= 4 is 26.8 Å². The molecule has 0 radical (unpaired) electrons. The van der Waals surface area contributed by atoms with Gasteiger partial charge in [-0.2, -0.15) is 0 Å². The summed E-state index contributed by atoms with van der Waals surface area (Å²) in [7, 11) is -2.82. The highest BCUT2D eigenvalue weighted by atomic mass is 32.2. The van der Waals surface area contributed by atoms with Crippen LogP contribution < -0.4 is 5.32 Å². The molecule has 0 aromatic heterocycles. The van der Waals surface area contributed by atoms with Crippen molar-refractivity contribution in [2.24, 2.45) is 4.99 Å². The van der Waals surface area contributed by atoms with E-state index in [1.807, 2.05) is 0 Å².